The van der Waals surface area contributed by atoms with E-state index >= 15 is 0 Å². The zero-order valence-corrected chi connectivity index (χ0v) is 13.1. The number of hydrogen-bond acceptors (Lipinski definition) is 7. The first kappa shape index (κ1) is 14.7. The molecule has 20 heavy (non-hydrogen) atoms. The molecule has 0 saturated heterocycles. The predicted molar refractivity (Wildman–Crippen MR) is 85.9 cm³/mol. The second-order valence-electron chi connectivity index (χ2n) is 3.89. The summed E-state index contributed by atoms with van der Waals surface area (Å²) in [6.45, 7) is 2.55. The van der Waals surface area contributed by atoms with Crippen molar-refractivity contribution in [2.75, 3.05) is 17.3 Å². The molecule has 106 valence electrons. The van der Waals surface area contributed by atoms with Gasteiger partial charge in [0.15, 0.2) is 0 Å². The molecule has 0 spiro atoms. The zero-order valence-electron chi connectivity index (χ0n) is 10.9. The van der Waals surface area contributed by atoms with Gasteiger partial charge in [-0.1, -0.05) is 6.92 Å². The van der Waals surface area contributed by atoms with E-state index in [1.165, 1.54) is 0 Å². The van der Waals surface area contributed by atoms with E-state index in [1.807, 2.05) is 31.2 Å². The van der Waals surface area contributed by atoms with Gasteiger partial charge in [0.2, 0.25) is 11.9 Å². The Bertz CT molecular complexity index is 562. The highest BCUT2D eigenvalue weighted by molar-refractivity contribution is 14.1. The standard InChI is InChI=1S/C12H15IN6O/c1-2-7-20-12-17-10(16-11(18-12)19-14)15-9-5-3-8(13)4-6-9/h3-6H,2,7,14H2,1H3,(H2,15,16,17,18,19). The highest BCUT2D eigenvalue weighted by Gasteiger charge is 2.07. The highest BCUT2D eigenvalue weighted by atomic mass is 127. The first-order valence-electron chi connectivity index (χ1n) is 6.09. The molecule has 0 bridgehead atoms. The summed E-state index contributed by atoms with van der Waals surface area (Å²) in [6.07, 6.45) is 0.872. The SMILES string of the molecule is CCCOc1nc(NN)nc(Nc2ccc(I)cc2)n1. The molecule has 2 aromatic rings. The van der Waals surface area contributed by atoms with Crippen LogP contribution < -0.4 is 21.3 Å². The summed E-state index contributed by atoms with van der Waals surface area (Å²) in [5.41, 5.74) is 3.27. The lowest BCUT2D eigenvalue weighted by Gasteiger charge is -2.09. The van der Waals surface area contributed by atoms with Crippen molar-refractivity contribution in [3.8, 4) is 6.01 Å². The first-order valence-corrected chi connectivity index (χ1v) is 7.17. The molecule has 1 aromatic heterocycles. The molecule has 0 radical (unpaired) electrons. The summed E-state index contributed by atoms with van der Waals surface area (Å²) in [5.74, 6) is 5.97. The average molecular weight is 386 g/mol. The van der Waals surface area contributed by atoms with Crippen molar-refractivity contribution in [2.24, 2.45) is 5.84 Å². The average Bonchev–Trinajstić information content (AvgIpc) is 2.47. The third-order valence-electron chi connectivity index (χ3n) is 2.28. The second-order valence-corrected chi connectivity index (χ2v) is 5.14. The van der Waals surface area contributed by atoms with Gasteiger partial charge in [-0.25, -0.2) is 5.84 Å². The van der Waals surface area contributed by atoms with Gasteiger partial charge in [0.1, 0.15) is 0 Å². The number of nitrogens with two attached hydrogens (primary N) is 1. The van der Waals surface area contributed by atoms with Gasteiger partial charge in [-0.2, -0.15) is 15.0 Å². The molecule has 4 N–H and O–H groups in total. The number of anilines is 3. The number of ether oxygens (including phenoxy) is 1. The van der Waals surface area contributed by atoms with Crippen molar-refractivity contribution in [3.63, 3.8) is 0 Å². The van der Waals surface area contributed by atoms with Gasteiger partial charge in [-0.05, 0) is 53.3 Å². The number of benzene rings is 1. The van der Waals surface area contributed by atoms with Crippen LogP contribution in [0.2, 0.25) is 0 Å². The van der Waals surface area contributed by atoms with E-state index in [4.69, 9.17) is 10.6 Å². The van der Waals surface area contributed by atoms with E-state index in [2.05, 4.69) is 48.3 Å². The molecule has 0 aliphatic rings. The Kier molecular flexibility index (Phi) is 5.30. The highest BCUT2D eigenvalue weighted by Crippen LogP contribution is 2.17. The summed E-state index contributed by atoms with van der Waals surface area (Å²) in [6, 6.07) is 8.09. The van der Waals surface area contributed by atoms with Gasteiger partial charge < -0.3 is 10.1 Å². The lowest BCUT2D eigenvalue weighted by atomic mass is 10.3. The van der Waals surface area contributed by atoms with Crippen LogP contribution in [0, 0.1) is 3.57 Å². The van der Waals surface area contributed by atoms with Crippen molar-refractivity contribution in [1.82, 2.24) is 15.0 Å². The van der Waals surface area contributed by atoms with Crippen LogP contribution in [0.5, 0.6) is 6.01 Å². The molecule has 0 atom stereocenters. The number of hydrazine groups is 1. The summed E-state index contributed by atoms with van der Waals surface area (Å²) in [7, 11) is 0. The fourth-order valence-corrected chi connectivity index (χ4v) is 1.76. The lowest BCUT2D eigenvalue weighted by molar-refractivity contribution is 0.292. The minimum Gasteiger partial charge on any atom is -0.463 e. The van der Waals surface area contributed by atoms with E-state index < -0.39 is 0 Å². The second kappa shape index (κ2) is 7.20. The van der Waals surface area contributed by atoms with Crippen molar-refractivity contribution >= 4 is 40.2 Å². The van der Waals surface area contributed by atoms with Crippen LogP contribution in [0.3, 0.4) is 0 Å². The minimum atomic E-state index is 0.239. The van der Waals surface area contributed by atoms with Crippen molar-refractivity contribution < 1.29 is 4.74 Å². The molecule has 0 saturated carbocycles. The van der Waals surface area contributed by atoms with Gasteiger partial charge in [0.25, 0.3) is 0 Å². The fraction of sp³-hybridized carbons (Fsp3) is 0.250. The number of nitrogen functional groups attached to an aromatic ring is 1. The molecule has 0 amide bonds. The third-order valence-corrected chi connectivity index (χ3v) is 3.00. The maximum Gasteiger partial charge on any atom is 0.323 e. The Labute approximate surface area is 130 Å². The van der Waals surface area contributed by atoms with Gasteiger partial charge >= 0.3 is 6.01 Å². The number of nitrogens with one attached hydrogen (secondary N) is 2. The Hall–Kier alpha value is -1.68. The first-order chi connectivity index (χ1) is 9.71. The number of rotatable bonds is 6. The quantitative estimate of drug-likeness (QED) is 0.398. The van der Waals surface area contributed by atoms with Crippen molar-refractivity contribution in [2.45, 2.75) is 13.3 Å². The third kappa shape index (κ3) is 4.17. The fourth-order valence-electron chi connectivity index (χ4n) is 1.40. The molecule has 1 heterocycles. The lowest BCUT2D eigenvalue weighted by Crippen LogP contribution is -2.13. The Morgan fingerprint density at radius 3 is 2.50 bits per heavy atom. The summed E-state index contributed by atoms with van der Waals surface area (Å²) >= 11 is 2.24. The van der Waals surface area contributed by atoms with E-state index in [0.717, 1.165) is 15.7 Å². The van der Waals surface area contributed by atoms with E-state index in [-0.39, 0.29) is 12.0 Å². The predicted octanol–water partition coefficient (Wildman–Crippen LogP) is 2.29. The van der Waals surface area contributed by atoms with Crippen LogP contribution in [0.15, 0.2) is 24.3 Å². The van der Waals surface area contributed by atoms with E-state index in [1.54, 1.807) is 0 Å². The molecule has 0 fully saturated rings. The largest absolute Gasteiger partial charge is 0.463 e. The summed E-state index contributed by atoms with van der Waals surface area (Å²) in [4.78, 5) is 12.3. The summed E-state index contributed by atoms with van der Waals surface area (Å²) in [5, 5.41) is 3.08. The van der Waals surface area contributed by atoms with Crippen LogP contribution in [0.25, 0.3) is 0 Å². The van der Waals surface area contributed by atoms with E-state index in [9.17, 15) is 0 Å². The topological polar surface area (TPSA) is 98.0 Å². The molecular formula is C12H15IN6O. The molecule has 0 aliphatic heterocycles. The van der Waals surface area contributed by atoms with Gasteiger partial charge in [0.05, 0.1) is 6.61 Å². The molecule has 0 aliphatic carbocycles. The van der Waals surface area contributed by atoms with Gasteiger partial charge in [-0.3, -0.25) is 5.43 Å². The van der Waals surface area contributed by atoms with Crippen LogP contribution in [0.4, 0.5) is 17.6 Å². The van der Waals surface area contributed by atoms with Crippen LogP contribution in [-0.2, 0) is 0 Å². The van der Waals surface area contributed by atoms with Crippen LogP contribution in [0.1, 0.15) is 13.3 Å². The molecular weight excluding hydrogens is 371 g/mol. The Balaban J connectivity index is 2.19. The van der Waals surface area contributed by atoms with E-state index in [0.29, 0.717) is 12.6 Å². The molecule has 8 heteroatoms. The number of halogens is 1. The number of nitrogens with zero attached hydrogens (tertiary/aromatic N) is 3. The smallest absolute Gasteiger partial charge is 0.323 e. The zero-order chi connectivity index (χ0) is 14.4. The molecule has 2 rings (SSSR count). The minimum absolute atomic E-state index is 0.239. The van der Waals surface area contributed by atoms with Crippen LogP contribution >= 0.6 is 22.6 Å². The summed E-state index contributed by atoms with van der Waals surface area (Å²) < 4.78 is 6.55. The Morgan fingerprint density at radius 1 is 1.15 bits per heavy atom. The monoisotopic (exact) mass is 386 g/mol. The number of hydrogen-bond donors (Lipinski definition) is 3. The number of aromatic nitrogens is 3. The maximum absolute atomic E-state index is 5.40. The van der Waals surface area contributed by atoms with Gasteiger partial charge in [-0.15, -0.1) is 0 Å². The Morgan fingerprint density at radius 2 is 1.85 bits per heavy atom. The normalized spacial score (nSPS) is 10.2. The van der Waals surface area contributed by atoms with Crippen molar-refractivity contribution in [3.05, 3.63) is 27.8 Å². The van der Waals surface area contributed by atoms with Gasteiger partial charge in [0, 0.05) is 9.26 Å². The maximum atomic E-state index is 5.40. The van der Waals surface area contributed by atoms with Crippen LogP contribution in [-0.4, -0.2) is 21.6 Å². The molecule has 0 unspecified atom stereocenters. The van der Waals surface area contributed by atoms with Crippen molar-refractivity contribution in [1.29, 1.82) is 0 Å². The molecule has 7 nitrogen and oxygen atoms in total. The molecule has 1 aromatic carbocycles.